The van der Waals surface area contributed by atoms with Crippen LogP contribution in [0.1, 0.15) is 31.9 Å². The summed E-state index contributed by atoms with van der Waals surface area (Å²) in [6.07, 6.45) is 2.26. The number of nitrogens with one attached hydrogen (secondary N) is 1. The molecule has 1 N–H and O–H groups in total. The first kappa shape index (κ1) is 20.0. The third-order valence-corrected chi connectivity index (χ3v) is 7.20. The summed E-state index contributed by atoms with van der Waals surface area (Å²) in [4.78, 5) is 17.8. The van der Waals surface area contributed by atoms with E-state index < -0.39 is 9.84 Å². The highest BCUT2D eigenvalue weighted by Crippen LogP contribution is 2.23. The van der Waals surface area contributed by atoms with Crippen molar-refractivity contribution in [2.75, 3.05) is 0 Å². The molecule has 7 nitrogen and oxygen atoms in total. The van der Waals surface area contributed by atoms with Crippen molar-refractivity contribution in [1.29, 1.82) is 5.41 Å². The maximum Gasteiger partial charge on any atom is 0.267 e. The summed E-state index contributed by atoms with van der Waals surface area (Å²) in [5.74, 6) is 0. The fraction of sp³-hybridized carbons (Fsp3) is 0.227. The second-order valence-electron chi connectivity index (χ2n) is 7.34. The number of nitrogens with zero attached hydrogens (tertiary/aromatic N) is 3. The molecule has 154 valence electrons. The van der Waals surface area contributed by atoms with E-state index in [1.165, 1.54) is 22.6 Å². The molecular formula is C22H22N4O3S. The molecule has 4 aromatic rings. The van der Waals surface area contributed by atoms with E-state index in [0.29, 0.717) is 17.7 Å². The van der Waals surface area contributed by atoms with Gasteiger partial charge >= 0.3 is 0 Å². The van der Waals surface area contributed by atoms with E-state index in [1.54, 1.807) is 35.0 Å². The van der Waals surface area contributed by atoms with Gasteiger partial charge in [-0.1, -0.05) is 31.2 Å². The van der Waals surface area contributed by atoms with Crippen LogP contribution < -0.4 is 11.0 Å². The van der Waals surface area contributed by atoms with Crippen LogP contribution in [0.2, 0.25) is 0 Å². The summed E-state index contributed by atoms with van der Waals surface area (Å²) in [6.45, 7) is 5.69. The smallest absolute Gasteiger partial charge is 0.267 e. The van der Waals surface area contributed by atoms with Crippen molar-refractivity contribution in [3.05, 3.63) is 76.1 Å². The second-order valence-corrected chi connectivity index (χ2v) is 9.26. The van der Waals surface area contributed by atoms with Crippen molar-refractivity contribution in [3.8, 4) is 0 Å². The topological polar surface area (TPSA) is 97.3 Å². The molecule has 30 heavy (non-hydrogen) atoms. The van der Waals surface area contributed by atoms with E-state index in [-0.39, 0.29) is 32.3 Å². The van der Waals surface area contributed by atoms with Crippen molar-refractivity contribution >= 4 is 26.5 Å². The summed E-state index contributed by atoms with van der Waals surface area (Å²) < 4.78 is 29.6. The minimum atomic E-state index is -3.99. The summed E-state index contributed by atoms with van der Waals surface area (Å²) in [5, 5.41) is 8.90. The van der Waals surface area contributed by atoms with Gasteiger partial charge in [0.2, 0.25) is 9.84 Å². The van der Waals surface area contributed by atoms with Gasteiger partial charge in [0.05, 0.1) is 10.3 Å². The lowest BCUT2D eigenvalue weighted by atomic mass is 10.2. The Morgan fingerprint density at radius 3 is 2.47 bits per heavy atom. The lowest BCUT2D eigenvalue weighted by Crippen LogP contribution is -2.31. The molecular weight excluding hydrogens is 400 g/mol. The molecule has 3 aromatic heterocycles. The summed E-state index contributed by atoms with van der Waals surface area (Å²) in [7, 11) is -3.99. The molecule has 0 saturated carbocycles. The minimum Gasteiger partial charge on any atom is -0.307 e. The molecule has 4 rings (SSSR count). The maximum atomic E-state index is 13.3. The maximum absolute atomic E-state index is 13.3. The van der Waals surface area contributed by atoms with E-state index in [2.05, 4.69) is 4.98 Å². The molecule has 0 bridgehead atoms. The Bertz CT molecular complexity index is 1500. The first-order chi connectivity index (χ1) is 14.3. The van der Waals surface area contributed by atoms with Crippen molar-refractivity contribution in [3.63, 3.8) is 0 Å². The van der Waals surface area contributed by atoms with Crippen LogP contribution in [0.15, 0.2) is 69.3 Å². The van der Waals surface area contributed by atoms with Gasteiger partial charge in [0.25, 0.3) is 5.56 Å². The highest BCUT2D eigenvalue weighted by molar-refractivity contribution is 7.91. The molecule has 3 heterocycles. The number of sulfone groups is 1. The molecule has 0 amide bonds. The Labute approximate surface area is 173 Å². The molecule has 0 aliphatic carbocycles. The molecule has 0 spiro atoms. The zero-order chi connectivity index (χ0) is 21.6. The normalized spacial score (nSPS) is 13.0. The number of pyridine rings is 2. The Balaban J connectivity index is 2.21. The van der Waals surface area contributed by atoms with Crippen LogP contribution in [0, 0.1) is 12.3 Å². The molecule has 1 atom stereocenters. The van der Waals surface area contributed by atoms with Gasteiger partial charge in [-0.2, -0.15) is 0 Å². The van der Waals surface area contributed by atoms with Crippen LogP contribution in [0.25, 0.3) is 16.7 Å². The molecule has 0 aliphatic rings. The van der Waals surface area contributed by atoms with E-state index in [1.807, 2.05) is 26.8 Å². The number of hydrogen-bond donors (Lipinski definition) is 1. The highest BCUT2D eigenvalue weighted by atomic mass is 32.2. The Morgan fingerprint density at radius 2 is 1.80 bits per heavy atom. The Morgan fingerprint density at radius 1 is 1.10 bits per heavy atom. The van der Waals surface area contributed by atoms with Gasteiger partial charge in [-0.15, -0.1) is 0 Å². The standard InChI is InChI=1S/C22H22N4O3S/c1-4-15(3)26-19(23)18(30(28,29)16-10-6-5-7-11-16)13-17-21(26)24-20-14(2)9-8-12-25(20)22(17)27/h5-13,15,23H,4H2,1-3H3. The lowest BCUT2D eigenvalue weighted by Gasteiger charge is -2.19. The van der Waals surface area contributed by atoms with Gasteiger partial charge in [-0.3, -0.25) is 14.6 Å². The summed E-state index contributed by atoms with van der Waals surface area (Å²) in [5.41, 5.74) is 1.09. The third kappa shape index (κ3) is 2.95. The zero-order valence-corrected chi connectivity index (χ0v) is 17.8. The Kier molecular flexibility index (Phi) is 4.82. The zero-order valence-electron chi connectivity index (χ0n) is 17.0. The lowest BCUT2D eigenvalue weighted by molar-refractivity contribution is 0.508. The molecule has 0 fully saturated rings. The number of hydrogen-bond acceptors (Lipinski definition) is 5. The van der Waals surface area contributed by atoms with Gasteiger partial charge < -0.3 is 4.57 Å². The molecule has 1 unspecified atom stereocenters. The molecule has 8 heteroatoms. The monoisotopic (exact) mass is 422 g/mol. The summed E-state index contributed by atoms with van der Waals surface area (Å²) >= 11 is 0. The van der Waals surface area contributed by atoms with Crippen molar-refractivity contribution in [2.45, 2.75) is 43.0 Å². The van der Waals surface area contributed by atoms with Gasteiger partial charge in [0.1, 0.15) is 21.7 Å². The van der Waals surface area contributed by atoms with Gasteiger partial charge in [0, 0.05) is 12.2 Å². The predicted octanol–water partition coefficient (Wildman–Crippen LogP) is 3.24. The van der Waals surface area contributed by atoms with Crippen LogP contribution in [0.5, 0.6) is 0 Å². The van der Waals surface area contributed by atoms with Gasteiger partial charge in [-0.05, 0) is 50.1 Å². The first-order valence-corrected chi connectivity index (χ1v) is 11.2. The first-order valence-electron chi connectivity index (χ1n) is 9.69. The predicted molar refractivity (Wildman–Crippen MR) is 114 cm³/mol. The minimum absolute atomic E-state index is 0.0817. The van der Waals surface area contributed by atoms with Crippen molar-refractivity contribution in [2.24, 2.45) is 0 Å². The molecule has 0 saturated heterocycles. The third-order valence-electron chi connectivity index (χ3n) is 5.42. The van der Waals surface area contributed by atoms with E-state index in [9.17, 15) is 13.2 Å². The van der Waals surface area contributed by atoms with E-state index >= 15 is 0 Å². The van der Waals surface area contributed by atoms with Crippen molar-refractivity contribution < 1.29 is 8.42 Å². The van der Waals surface area contributed by atoms with Crippen LogP contribution >= 0.6 is 0 Å². The number of aromatic nitrogens is 3. The van der Waals surface area contributed by atoms with Gasteiger partial charge in [0.15, 0.2) is 0 Å². The fourth-order valence-electron chi connectivity index (χ4n) is 3.58. The van der Waals surface area contributed by atoms with Gasteiger partial charge in [-0.25, -0.2) is 13.4 Å². The summed E-state index contributed by atoms with van der Waals surface area (Å²) in [6, 6.07) is 12.7. The Hall–Kier alpha value is -3.26. The fourth-order valence-corrected chi connectivity index (χ4v) is 4.97. The quantitative estimate of drug-likeness (QED) is 0.511. The van der Waals surface area contributed by atoms with Crippen LogP contribution in [-0.4, -0.2) is 22.4 Å². The molecule has 1 aromatic carbocycles. The average molecular weight is 423 g/mol. The van der Waals surface area contributed by atoms with Crippen LogP contribution in [-0.2, 0) is 9.84 Å². The molecule has 0 aliphatic heterocycles. The van der Waals surface area contributed by atoms with Crippen LogP contribution in [0.4, 0.5) is 0 Å². The molecule has 0 radical (unpaired) electrons. The average Bonchev–Trinajstić information content (AvgIpc) is 2.74. The number of rotatable bonds is 4. The highest BCUT2D eigenvalue weighted by Gasteiger charge is 2.25. The van der Waals surface area contributed by atoms with E-state index in [4.69, 9.17) is 5.41 Å². The number of aryl methyl sites for hydroxylation is 1. The second kappa shape index (κ2) is 7.21. The van der Waals surface area contributed by atoms with E-state index in [0.717, 1.165) is 5.56 Å². The number of fused-ring (bicyclic) bond motifs is 2. The van der Waals surface area contributed by atoms with Crippen molar-refractivity contribution in [1.82, 2.24) is 14.0 Å². The van der Waals surface area contributed by atoms with Crippen LogP contribution in [0.3, 0.4) is 0 Å². The largest absolute Gasteiger partial charge is 0.307 e. The SMILES string of the molecule is CCC(C)n1c(=N)c(S(=O)(=O)c2ccccc2)cc2c(=O)n3cccc(C)c3nc21. The number of benzene rings is 1.